The lowest BCUT2D eigenvalue weighted by Gasteiger charge is -2.16. The van der Waals surface area contributed by atoms with Gasteiger partial charge in [-0.05, 0) is 59.0 Å². The first-order chi connectivity index (χ1) is 9.54. The minimum Gasteiger partial charge on any atom is -0.398 e. The number of hydrogen-bond acceptors (Lipinski definition) is 4. The Bertz CT molecular complexity index is 623. The van der Waals surface area contributed by atoms with Gasteiger partial charge in [-0.25, -0.2) is 0 Å². The van der Waals surface area contributed by atoms with Crippen molar-refractivity contribution in [3.05, 3.63) is 49.5 Å². The van der Waals surface area contributed by atoms with Gasteiger partial charge in [0.2, 0.25) is 0 Å². The molecule has 6 heteroatoms. The van der Waals surface area contributed by atoms with Gasteiger partial charge in [-0.2, -0.15) is 0 Å². The van der Waals surface area contributed by atoms with E-state index in [0.717, 1.165) is 23.3 Å². The fraction of sp³-hybridized carbons (Fsp3) is 0.357. The van der Waals surface area contributed by atoms with E-state index in [-0.39, 0.29) is 5.56 Å². The van der Waals surface area contributed by atoms with Crippen molar-refractivity contribution in [3.8, 4) is 0 Å². The summed E-state index contributed by atoms with van der Waals surface area (Å²) in [4.78, 5) is 13.9. The Kier molecular flexibility index (Phi) is 5.39. The molecule has 0 aliphatic rings. The van der Waals surface area contributed by atoms with Crippen LogP contribution >= 0.6 is 27.3 Å². The van der Waals surface area contributed by atoms with Crippen LogP contribution in [0.1, 0.15) is 12.0 Å². The van der Waals surface area contributed by atoms with E-state index in [1.54, 1.807) is 28.2 Å². The summed E-state index contributed by atoms with van der Waals surface area (Å²) in [5.41, 5.74) is 7.63. The average Bonchev–Trinajstić information content (AvgIpc) is 2.79. The molecule has 4 nitrogen and oxygen atoms in total. The maximum absolute atomic E-state index is 11.6. The van der Waals surface area contributed by atoms with Crippen LogP contribution in [0.25, 0.3) is 0 Å². The first-order valence-corrected chi connectivity index (χ1v) is 8.09. The summed E-state index contributed by atoms with van der Waals surface area (Å²) >= 11 is 5.17. The van der Waals surface area contributed by atoms with Crippen molar-refractivity contribution >= 4 is 33.0 Å². The number of hydrogen-bond donors (Lipinski definition) is 1. The number of halogens is 1. The molecule has 0 unspecified atom stereocenters. The van der Waals surface area contributed by atoms with Crippen molar-refractivity contribution in [1.29, 1.82) is 0 Å². The number of aryl methyl sites for hydroxylation is 1. The highest BCUT2D eigenvalue weighted by atomic mass is 79.9. The Hall–Kier alpha value is -1.11. The zero-order chi connectivity index (χ0) is 14.5. The highest BCUT2D eigenvalue weighted by Crippen LogP contribution is 2.21. The fourth-order valence-corrected chi connectivity index (χ4v) is 3.26. The first kappa shape index (κ1) is 15.3. The van der Waals surface area contributed by atoms with Gasteiger partial charge in [0.05, 0.1) is 3.79 Å². The molecule has 0 fully saturated rings. The lowest BCUT2D eigenvalue weighted by atomic mass is 10.3. The van der Waals surface area contributed by atoms with Gasteiger partial charge in [-0.1, -0.05) is 0 Å². The van der Waals surface area contributed by atoms with Crippen LogP contribution in [0.15, 0.2) is 38.4 Å². The van der Waals surface area contributed by atoms with Crippen LogP contribution in [0.3, 0.4) is 0 Å². The van der Waals surface area contributed by atoms with Crippen LogP contribution in [-0.4, -0.2) is 23.1 Å². The molecule has 2 aromatic heterocycles. The minimum absolute atomic E-state index is 0.00335. The van der Waals surface area contributed by atoms with E-state index in [9.17, 15) is 4.79 Å². The van der Waals surface area contributed by atoms with Crippen molar-refractivity contribution in [1.82, 2.24) is 9.47 Å². The number of thiophene rings is 1. The molecule has 0 radical (unpaired) electrons. The van der Waals surface area contributed by atoms with Crippen LogP contribution in [0.4, 0.5) is 5.69 Å². The first-order valence-electron chi connectivity index (χ1n) is 6.42. The number of nitrogens with zero attached hydrogens (tertiary/aromatic N) is 2. The van der Waals surface area contributed by atoms with E-state index in [4.69, 9.17) is 5.73 Å². The van der Waals surface area contributed by atoms with Gasteiger partial charge in [0.25, 0.3) is 5.56 Å². The van der Waals surface area contributed by atoms with Crippen molar-refractivity contribution < 1.29 is 0 Å². The molecule has 0 spiro atoms. The topological polar surface area (TPSA) is 51.3 Å². The molecule has 0 aliphatic heterocycles. The highest BCUT2D eigenvalue weighted by molar-refractivity contribution is 9.11. The molecule has 2 aromatic rings. The summed E-state index contributed by atoms with van der Waals surface area (Å²) in [5.74, 6) is 0. The summed E-state index contributed by atoms with van der Waals surface area (Å²) < 4.78 is 2.83. The lowest BCUT2D eigenvalue weighted by Crippen LogP contribution is -2.23. The third kappa shape index (κ3) is 4.47. The molecule has 0 saturated carbocycles. The summed E-state index contributed by atoms with van der Waals surface area (Å²) in [6.45, 7) is 2.56. The molecule has 0 aromatic carbocycles. The maximum Gasteiger partial charge on any atom is 0.250 e. The number of pyridine rings is 1. The molecule has 2 N–H and O–H groups in total. The van der Waals surface area contributed by atoms with E-state index in [0.29, 0.717) is 12.2 Å². The molecule has 0 bridgehead atoms. The van der Waals surface area contributed by atoms with Gasteiger partial charge in [-0.3, -0.25) is 4.79 Å². The highest BCUT2D eigenvalue weighted by Gasteiger charge is 2.03. The Labute approximate surface area is 131 Å². The zero-order valence-electron chi connectivity index (χ0n) is 11.4. The molecule has 108 valence electrons. The maximum atomic E-state index is 11.6. The third-order valence-electron chi connectivity index (χ3n) is 3.02. The normalized spacial score (nSPS) is 11.2. The molecule has 0 saturated heterocycles. The molecule has 20 heavy (non-hydrogen) atoms. The molecule has 0 aliphatic carbocycles. The Morgan fingerprint density at radius 1 is 1.45 bits per heavy atom. The summed E-state index contributed by atoms with van der Waals surface area (Å²) in [5, 5.41) is 2.16. The quantitative estimate of drug-likeness (QED) is 0.866. The molecular formula is C14H18BrN3OS. The summed E-state index contributed by atoms with van der Waals surface area (Å²) in [7, 11) is 2.09. The standard InChI is InChI=1S/C14H18BrN3OS/c1-17(8-11-7-13(15)20-10-11)5-2-6-18-9-12(16)3-4-14(18)19/h3-4,7,9-10H,2,5-6,8,16H2,1H3. The molecular weight excluding hydrogens is 338 g/mol. The van der Waals surface area contributed by atoms with Crippen LogP contribution in [0.5, 0.6) is 0 Å². The summed E-state index contributed by atoms with van der Waals surface area (Å²) in [6, 6.07) is 5.30. The smallest absolute Gasteiger partial charge is 0.250 e. The number of rotatable bonds is 6. The van der Waals surface area contributed by atoms with E-state index in [1.165, 1.54) is 11.6 Å². The predicted octanol–water partition coefficient (Wildman–Crippen LogP) is 2.78. The van der Waals surface area contributed by atoms with Crippen molar-refractivity contribution in [3.63, 3.8) is 0 Å². The SMILES string of the molecule is CN(CCCn1cc(N)ccc1=O)Cc1csc(Br)c1. The van der Waals surface area contributed by atoms with Gasteiger partial charge >= 0.3 is 0 Å². The molecule has 2 rings (SSSR count). The van der Waals surface area contributed by atoms with E-state index >= 15 is 0 Å². The second kappa shape index (κ2) is 7.06. The van der Waals surface area contributed by atoms with Crippen molar-refractivity contribution in [2.45, 2.75) is 19.5 Å². The monoisotopic (exact) mass is 355 g/mol. The lowest BCUT2D eigenvalue weighted by molar-refractivity contribution is 0.314. The van der Waals surface area contributed by atoms with Crippen molar-refractivity contribution in [2.75, 3.05) is 19.3 Å². The van der Waals surface area contributed by atoms with Crippen LogP contribution in [0, 0.1) is 0 Å². The van der Waals surface area contributed by atoms with Gasteiger partial charge < -0.3 is 15.2 Å². The zero-order valence-corrected chi connectivity index (χ0v) is 13.8. The Morgan fingerprint density at radius 3 is 2.95 bits per heavy atom. The number of aromatic nitrogens is 1. The van der Waals surface area contributed by atoms with Crippen LogP contribution in [-0.2, 0) is 13.1 Å². The Balaban J connectivity index is 1.80. The van der Waals surface area contributed by atoms with Gasteiger partial charge in [0.1, 0.15) is 0 Å². The van der Waals surface area contributed by atoms with Gasteiger partial charge in [0.15, 0.2) is 0 Å². The molecule has 0 amide bonds. The molecule has 2 heterocycles. The number of nitrogen functional groups attached to an aromatic ring is 1. The van der Waals surface area contributed by atoms with Crippen LogP contribution < -0.4 is 11.3 Å². The average molecular weight is 356 g/mol. The van der Waals surface area contributed by atoms with E-state index < -0.39 is 0 Å². The Morgan fingerprint density at radius 2 is 2.25 bits per heavy atom. The fourth-order valence-electron chi connectivity index (χ4n) is 2.05. The second-order valence-electron chi connectivity index (χ2n) is 4.84. The third-order valence-corrected chi connectivity index (χ3v) is 4.57. The number of nitrogens with two attached hydrogens (primary N) is 1. The largest absolute Gasteiger partial charge is 0.398 e. The predicted molar refractivity (Wildman–Crippen MR) is 88.1 cm³/mol. The summed E-state index contributed by atoms with van der Waals surface area (Å²) in [6.07, 6.45) is 2.63. The van der Waals surface area contributed by atoms with E-state index in [1.807, 2.05) is 0 Å². The molecule has 0 atom stereocenters. The van der Waals surface area contributed by atoms with E-state index in [2.05, 4.69) is 39.3 Å². The minimum atomic E-state index is 0.00335. The van der Waals surface area contributed by atoms with Crippen molar-refractivity contribution in [2.24, 2.45) is 0 Å². The van der Waals surface area contributed by atoms with Gasteiger partial charge in [-0.15, -0.1) is 11.3 Å². The van der Waals surface area contributed by atoms with Crippen LogP contribution in [0.2, 0.25) is 0 Å². The van der Waals surface area contributed by atoms with Gasteiger partial charge in [0, 0.05) is 31.0 Å². The second-order valence-corrected chi connectivity index (χ2v) is 7.13. The number of anilines is 1.